The molecular weight excluding hydrogens is 586 g/mol. The monoisotopic (exact) mass is 635 g/mol. The number of nitrogens with two attached hydrogens (primary N) is 1. The average molecular weight is 636 g/mol. The minimum atomic E-state index is -3.73. The molecular formula is C31H49N5O7S. The third kappa shape index (κ3) is 10.6. The second kappa shape index (κ2) is 15.5. The zero-order valence-electron chi connectivity index (χ0n) is 26.9. The van der Waals surface area contributed by atoms with Gasteiger partial charge in [-0.25, -0.2) is 13.2 Å². The van der Waals surface area contributed by atoms with E-state index in [1.54, 1.807) is 32.0 Å². The maximum absolute atomic E-state index is 13.8. The van der Waals surface area contributed by atoms with Crippen molar-refractivity contribution in [1.82, 2.24) is 20.9 Å². The second-order valence-corrected chi connectivity index (χ2v) is 15.1. The van der Waals surface area contributed by atoms with Crippen LogP contribution in [0.4, 0.5) is 4.79 Å². The van der Waals surface area contributed by atoms with E-state index in [1.165, 1.54) is 24.0 Å². The predicted molar refractivity (Wildman–Crippen MR) is 167 cm³/mol. The van der Waals surface area contributed by atoms with Crippen molar-refractivity contribution in [1.29, 1.82) is 0 Å². The normalized spacial score (nSPS) is 16.3. The Bertz CT molecular complexity index is 1290. The maximum atomic E-state index is 13.8. The molecule has 5 N–H and O–H groups in total. The molecule has 0 radical (unpaired) electrons. The fraction of sp³-hybridized carbons (Fsp3) is 0.645. The topological polar surface area (TPSA) is 185 Å². The van der Waals surface area contributed by atoms with Crippen LogP contribution < -0.4 is 21.7 Å². The molecule has 1 aromatic carbocycles. The van der Waals surface area contributed by atoms with Crippen molar-refractivity contribution in [2.45, 2.75) is 103 Å². The molecule has 0 heterocycles. The molecule has 13 heteroatoms. The lowest BCUT2D eigenvalue weighted by atomic mass is 9.88. The highest BCUT2D eigenvalue weighted by molar-refractivity contribution is 7.91. The first kappa shape index (κ1) is 36.7. The number of carbonyl (C=O) groups is 5. The third-order valence-electron chi connectivity index (χ3n) is 7.79. The van der Waals surface area contributed by atoms with Gasteiger partial charge in [-0.3, -0.25) is 19.2 Å². The lowest BCUT2D eigenvalue weighted by Gasteiger charge is -2.35. The molecule has 2 rings (SSSR count). The van der Waals surface area contributed by atoms with Crippen molar-refractivity contribution in [2.24, 2.45) is 23.0 Å². The van der Waals surface area contributed by atoms with Gasteiger partial charge in [0.1, 0.15) is 12.1 Å². The van der Waals surface area contributed by atoms with Crippen LogP contribution in [-0.2, 0) is 29.0 Å². The lowest BCUT2D eigenvalue weighted by molar-refractivity contribution is -0.143. The number of urea groups is 1. The van der Waals surface area contributed by atoms with Crippen molar-refractivity contribution in [3.05, 3.63) is 30.3 Å². The van der Waals surface area contributed by atoms with E-state index >= 15 is 0 Å². The number of amides is 5. The molecule has 1 aliphatic rings. The number of hydrogen-bond donors (Lipinski definition) is 4. The van der Waals surface area contributed by atoms with Gasteiger partial charge >= 0.3 is 6.03 Å². The van der Waals surface area contributed by atoms with Gasteiger partial charge in [0.05, 0.1) is 16.7 Å². The van der Waals surface area contributed by atoms with E-state index in [2.05, 4.69) is 16.0 Å². The van der Waals surface area contributed by atoms with Crippen LogP contribution in [0.15, 0.2) is 35.2 Å². The summed E-state index contributed by atoms with van der Waals surface area (Å²) in [5.74, 6) is -3.65. The number of benzene rings is 1. The van der Waals surface area contributed by atoms with E-state index < -0.39 is 69.0 Å². The molecule has 246 valence electrons. The van der Waals surface area contributed by atoms with Crippen LogP contribution in [-0.4, -0.2) is 79.3 Å². The van der Waals surface area contributed by atoms with Gasteiger partial charge in [0.15, 0.2) is 9.84 Å². The van der Waals surface area contributed by atoms with Crippen molar-refractivity contribution in [2.75, 3.05) is 12.3 Å². The number of nitrogens with zero attached hydrogens (tertiary/aromatic N) is 1. The van der Waals surface area contributed by atoms with E-state index in [-0.39, 0.29) is 29.0 Å². The number of nitrogens with one attached hydrogen (secondary N) is 3. The number of Topliss-reactive ketones (excluding diaryl/α,β-unsaturated/α-hetero) is 1. The van der Waals surface area contributed by atoms with Gasteiger partial charge in [-0.05, 0) is 49.1 Å². The molecule has 44 heavy (non-hydrogen) atoms. The summed E-state index contributed by atoms with van der Waals surface area (Å²) in [5.41, 5.74) is 4.56. The Labute approximate surface area is 261 Å². The van der Waals surface area contributed by atoms with Crippen LogP contribution >= 0.6 is 0 Å². The van der Waals surface area contributed by atoms with Gasteiger partial charge in [-0.15, -0.1) is 0 Å². The molecule has 4 atom stereocenters. The van der Waals surface area contributed by atoms with Gasteiger partial charge in [-0.1, -0.05) is 72.6 Å². The molecule has 1 aliphatic carbocycles. The van der Waals surface area contributed by atoms with E-state index in [1.807, 2.05) is 27.7 Å². The average Bonchev–Trinajstić information content (AvgIpc) is 3.76. The number of rotatable bonds is 16. The van der Waals surface area contributed by atoms with Gasteiger partial charge in [0.25, 0.3) is 5.91 Å². The maximum Gasteiger partial charge on any atom is 0.315 e. The summed E-state index contributed by atoms with van der Waals surface area (Å²) in [6, 6.07) is 3.33. The van der Waals surface area contributed by atoms with Crippen molar-refractivity contribution >= 4 is 39.4 Å². The highest BCUT2D eigenvalue weighted by Gasteiger charge is 2.38. The van der Waals surface area contributed by atoms with Crippen molar-refractivity contribution < 1.29 is 32.4 Å². The fourth-order valence-corrected chi connectivity index (χ4v) is 6.53. The van der Waals surface area contributed by atoms with Gasteiger partial charge in [0.2, 0.25) is 17.6 Å². The minimum Gasteiger partial charge on any atom is -0.363 e. The summed E-state index contributed by atoms with van der Waals surface area (Å²) in [4.78, 5) is 65.8. The smallest absolute Gasteiger partial charge is 0.315 e. The summed E-state index contributed by atoms with van der Waals surface area (Å²) in [7, 11) is -3.73. The molecule has 1 fully saturated rings. The van der Waals surface area contributed by atoms with E-state index in [0.29, 0.717) is 12.8 Å². The van der Waals surface area contributed by atoms with Crippen LogP contribution in [0.2, 0.25) is 0 Å². The Morgan fingerprint density at radius 2 is 1.57 bits per heavy atom. The van der Waals surface area contributed by atoms with E-state index in [9.17, 15) is 32.4 Å². The largest absolute Gasteiger partial charge is 0.363 e. The summed E-state index contributed by atoms with van der Waals surface area (Å²) < 4.78 is 26.2. The number of sulfone groups is 1. The Hall–Kier alpha value is -3.48. The van der Waals surface area contributed by atoms with Crippen LogP contribution in [0.5, 0.6) is 0 Å². The van der Waals surface area contributed by atoms with E-state index in [0.717, 1.165) is 12.8 Å². The number of hydrogen-bond acceptors (Lipinski definition) is 7. The van der Waals surface area contributed by atoms with Gasteiger partial charge in [0, 0.05) is 12.6 Å². The zero-order chi connectivity index (χ0) is 33.4. The molecule has 1 saturated carbocycles. The molecule has 0 spiro atoms. The number of primary amides is 1. The molecule has 0 aliphatic heterocycles. The molecule has 12 nitrogen and oxygen atoms in total. The standard InChI is InChI=1S/C31H49N5O7S/c1-8-16-36(20(4)28(39)33-23(17-21-14-15-21)26(37)27(32)38)29(40)25(19(2)3)35-30(41)34-24(31(5,6)7)18-44(42,43)22-12-10-9-11-13-22/h9-13,19-21,23-25H,8,14-18H2,1-7H3,(H2,32,38)(H,33,39)(H2,34,35,41)/t20-,23?,24?,25-/m0/s1. The van der Waals surface area contributed by atoms with Gasteiger partial charge < -0.3 is 26.6 Å². The summed E-state index contributed by atoms with van der Waals surface area (Å²) in [5, 5.41) is 8.07. The molecule has 1 aromatic rings. The fourth-order valence-electron chi connectivity index (χ4n) is 4.74. The summed E-state index contributed by atoms with van der Waals surface area (Å²) >= 11 is 0. The van der Waals surface area contributed by atoms with Crippen molar-refractivity contribution in [3.8, 4) is 0 Å². The first-order chi connectivity index (χ1) is 20.4. The second-order valence-electron chi connectivity index (χ2n) is 13.0. The first-order valence-corrected chi connectivity index (χ1v) is 16.8. The van der Waals surface area contributed by atoms with Crippen LogP contribution in [0, 0.1) is 17.3 Å². The number of carbonyl (C=O) groups excluding carboxylic acids is 5. The Kier molecular flexibility index (Phi) is 12.9. The predicted octanol–water partition coefficient (Wildman–Crippen LogP) is 2.17. The molecule has 2 unspecified atom stereocenters. The third-order valence-corrected chi connectivity index (χ3v) is 9.56. The molecule has 0 bridgehead atoms. The summed E-state index contributed by atoms with van der Waals surface area (Å²) in [6.45, 7) is 12.5. The Morgan fingerprint density at radius 3 is 2.05 bits per heavy atom. The molecule has 0 aromatic heterocycles. The minimum absolute atomic E-state index is 0.145. The molecule has 0 saturated heterocycles. The van der Waals surface area contributed by atoms with E-state index in [4.69, 9.17) is 5.73 Å². The highest BCUT2D eigenvalue weighted by atomic mass is 32.2. The SMILES string of the molecule is CCCN(C(=O)[C@@H](NC(=O)NC(CS(=O)(=O)c1ccccc1)C(C)(C)C)C(C)C)[C@@H](C)C(=O)NC(CC1CC1)C(=O)C(N)=O. The van der Waals surface area contributed by atoms with Gasteiger partial charge in [-0.2, -0.15) is 0 Å². The number of ketones is 1. The highest BCUT2D eigenvalue weighted by Crippen LogP contribution is 2.33. The zero-order valence-corrected chi connectivity index (χ0v) is 27.7. The first-order valence-electron chi connectivity index (χ1n) is 15.2. The Balaban J connectivity index is 2.21. The lowest BCUT2D eigenvalue weighted by Crippen LogP contribution is -2.60. The summed E-state index contributed by atoms with van der Waals surface area (Å²) in [6.07, 6.45) is 2.60. The molecule has 5 amide bonds. The van der Waals surface area contributed by atoms with Crippen molar-refractivity contribution in [3.63, 3.8) is 0 Å². The van der Waals surface area contributed by atoms with Crippen LogP contribution in [0.3, 0.4) is 0 Å². The van der Waals surface area contributed by atoms with Crippen LogP contribution in [0.1, 0.15) is 74.1 Å². The quantitative estimate of drug-likeness (QED) is 0.201. The Morgan fingerprint density at radius 1 is 0.977 bits per heavy atom. The van der Waals surface area contributed by atoms with Crippen LogP contribution in [0.25, 0.3) is 0 Å².